The Morgan fingerprint density at radius 2 is 1.06 bits per heavy atom. The highest BCUT2D eigenvalue weighted by atomic mass is 35.5. The number of hydrogen-bond donors (Lipinski definition) is 3. The molecule has 2 unspecified atom stereocenters. The minimum Gasteiger partial charge on any atom is -0.343 e. The van der Waals surface area contributed by atoms with Crippen LogP contribution in [-0.4, -0.2) is 135 Å². The van der Waals surface area contributed by atoms with Crippen LogP contribution in [0.3, 0.4) is 0 Å². The number of hydrogen-bond acceptors (Lipinski definition) is 8. The van der Waals surface area contributed by atoms with Gasteiger partial charge in [-0.1, -0.05) is 96.0 Å². The van der Waals surface area contributed by atoms with E-state index in [0.29, 0.717) is 139 Å². The number of nitrogens with one attached hydrogen (secondary N) is 3. The van der Waals surface area contributed by atoms with Gasteiger partial charge in [0, 0.05) is 133 Å². The number of piperidine rings is 2. The lowest BCUT2D eigenvalue weighted by molar-refractivity contribution is -0.142. The molecule has 4 saturated heterocycles. The normalized spacial score (nSPS) is 20.9. The van der Waals surface area contributed by atoms with Crippen molar-refractivity contribution in [1.82, 2.24) is 45.3 Å². The summed E-state index contributed by atoms with van der Waals surface area (Å²) in [4.78, 5) is 99.1. The number of carbonyl (C=O) groups excluding carboxylic acids is 6. The lowest BCUT2D eigenvalue weighted by atomic mass is 9.90. The van der Waals surface area contributed by atoms with Crippen LogP contribution in [0.2, 0.25) is 10.0 Å². The topological polar surface area (TPSA) is 183 Å². The Morgan fingerprint density at radius 3 is 1.52 bits per heavy atom. The fourth-order valence-corrected chi connectivity index (χ4v) is 13.1. The molecule has 19 heteroatoms. The maximum absolute atomic E-state index is 14.0. The number of urea groups is 3. The van der Waals surface area contributed by atoms with Gasteiger partial charge in [-0.2, -0.15) is 0 Å². The van der Waals surface area contributed by atoms with Crippen molar-refractivity contribution in [2.75, 3.05) is 39.3 Å². The van der Waals surface area contributed by atoms with Gasteiger partial charge in [-0.25, -0.2) is 14.4 Å². The minimum atomic E-state index is -0.725. The number of nitrogens with zero attached hydrogens (tertiary/aromatic N) is 8. The van der Waals surface area contributed by atoms with Crippen molar-refractivity contribution in [2.45, 2.75) is 116 Å². The van der Waals surface area contributed by atoms with Crippen molar-refractivity contribution in [2.24, 2.45) is 15.9 Å². The maximum atomic E-state index is 14.0. The third-order valence-electron chi connectivity index (χ3n) is 17.0. The Morgan fingerprint density at radius 1 is 0.613 bits per heavy atom. The van der Waals surface area contributed by atoms with Crippen LogP contribution in [0.15, 0.2) is 95.2 Å². The van der Waals surface area contributed by atoms with Crippen LogP contribution in [0.25, 0.3) is 0 Å². The summed E-state index contributed by atoms with van der Waals surface area (Å²) in [6, 6.07) is 19.2. The van der Waals surface area contributed by atoms with E-state index in [2.05, 4.69) is 63.4 Å². The molecule has 4 fully saturated rings. The fraction of sp³-hybridized carbons (Fsp3) is 0.410. The van der Waals surface area contributed by atoms with E-state index in [1.807, 2.05) is 82.3 Å². The third-order valence-corrected chi connectivity index (χ3v) is 17.7. The van der Waals surface area contributed by atoms with Crippen LogP contribution in [0.4, 0.5) is 14.4 Å². The van der Waals surface area contributed by atoms with Gasteiger partial charge in [-0.15, -0.1) is 0 Å². The number of amides is 9. The summed E-state index contributed by atoms with van der Waals surface area (Å²) < 4.78 is 0. The summed E-state index contributed by atoms with van der Waals surface area (Å²) in [6.45, 7) is 17.9. The predicted molar refractivity (Wildman–Crippen MR) is 307 cm³/mol. The Balaban J connectivity index is 0.000000169. The zero-order valence-electron chi connectivity index (χ0n) is 45.4. The van der Waals surface area contributed by atoms with Gasteiger partial charge in [-0.3, -0.25) is 24.4 Å². The molecule has 8 aliphatic heterocycles. The van der Waals surface area contributed by atoms with Gasteiger partial charge < -0.3 is 45.3 Å². The van der Waals surface area contributed by atoms with Crippen LogP contribution in [0.1, 0.15) is 98.9 Å². The lowest BCUT2D eigenvalue weighted by Crippen LogP contribution is -2.55. The summed E-state index contributed by atoms with van der Waals surface area (Å²) in [5.74, 6) is -0.615. The first kappa shape index (κ1) is 54.5. The zero-order valence-corrected chi connectivity index (χ0v) is 46.9. The molecule has 0 saturated carbocycles. The number of aryl methyl sites for hydroxylation is 2. The van der Waals surface area contributed by atoms with Crippen molar-refractivity contribution in [3.05, 3.63) is 162 Å². The van der Waals surface area contributed by atoms with E-state index in [1.165, 1.54) is 5.56 Å². The molecule has 3 N–H and O–H groups in total. The highest BCUT2D eigenvalue weighted by Gasteiger charge is 2.40. The fourth-order valence-electron chi connectivity index (χ4n) is 12.6. The lowest BCUT2D eigenvalue weighted by Gasteiger charge is -2.36. The predicted octanol–water partition coefficient (Wildman–Crippen LogP) is 7.95. The molecule has 4 aromatic rings. The van der Waals surface area contributed by atoms with Crippen molar-refractivity contribution in [3.63, 3.8) is 0 Å². The summed E-state index contributed by atoms with van der Waals surface area (Å²) in [7, 11) is 0. The summed E-state index contributed by atoms with van der Waals surface area (Å²) in [5, 5.41) is 9.88. The molecule has 80 heavy (non-hydrogen) atoms. The van der Waals surface area contributed by atoms with E-state index in [9.17, 15) is 28.8 Å². The van der Waals surface area contributed by atoms with E-state index in [-0.39, 0.29) is 54.3 Å². The molecule has 8 aliphatic rings. The van der Waals surface area contributed by atoms with E-state index in [0.717, 1.165) is 61.2 Å². The van der Waals surface area contributed by atoms with Gasteiger partial charge in [0.05, 0.1) is 32.1 Å². The van der Waals surface area contributed by atoms with Crippen LogP contribution in [0.5, 0.6) is 0 Å². The number of likely N-dealkylation sites (tertiary alicyclic amines) is 2. The van der Waals surface area contributed by atoms with Gasteiger partial charge in [0.15, 0.2) is 0 Å². The Bertz CT molecular complexity index is 3040. The number of benzene rings is 4. The molecule has 0 bridgehead atoms. The molecule has 8 heterocycles. The number of halogens is 2. The summed E-state index contributed by atoms with van der Waals surface area (Å²) >= 11 is 13.3. The highest BCUT2D eigenvalue weighted by Crippen LogP contribution is 2.37. The first-order chi connectivity index (χ1) is 38.5. The monoisotopic (exact) mass is 1120 g/mol. The number of carbonyl (C=O) groups is 6. The number of fused-ring (bicyclic) bond motifs is 6. The average Bonchev–Trinajstić information content (AvgIpc) is 4.27. The van der Waals surface area contributed by atoms with Crippen LogP contribution in [0, 0.1) is 19.8 Å². The molecule has 0 radical (unpaired) electrons. The number of rotatable bonds is 9. The molecule has 17 nitrogen and oxygen atoms in total. The molecule has 9 amide bonds. The third kappa shape index (κ3) is 11.4. The molecule has 0 aliphatic carbocycles. The van der Waals surface area contributed by atoms with E-state index in [1.54, 1.807) is 9.80 Å². The van der Waals surface area contributed by atoms with Gasteiger partial charge in [-0.05, 0) is 91.5 Å². The van der Waals surface area contributed by atoms with Crippen LogP contribution >= 0.6 is 23.2 Å². The van der Waals surface area contributed by atoms with Crippen molar-refractivity contribution in [3.8, 4) is 0 Å². The van der Waals surface area contributed by atoms with Gasteiger partial charge in [0.2, 0.25) is 17.7 Å². The zero-order chi connectivity index (χ0) is 55.9. The minimum absolute atomic E-state index is 0.00734. The van der Waals surface area contributed by atoms with Gasteiger partial charge >= 0.3 is 18.1 Å². The maximum Gasteiger partial charge on any atom is 0.322 e. The second-order valence-electron chi connectivity index (χ2n) is 22.5. The summed E-state index contributed by atoms with van der Waals surface area (Å²) in [6.07, 6.45) is 7.50. The molecular weight excluding hydrogens is 1050 g/mol. The quantitative estimate of drug-likeness (QED) is 0.153. The first-order valence-corrected chi connectivity index (χ1v) is 28.5. The smallest absolute Gasteiger partial charge is 0.322 e. The van der Waals surface area contributed by atoms with Crippen molar-refractivity contribution >= 4 is 71.4 Å². The second-order valence-corrected chi connectivity index (χ2v) is 23.4. The van der Waals surface area contributed by atoms with Gasteiger partial charge in [0.25, 0.3) is 0 Å². The summed E-state index contributed by atoms with van der Waals surface area (Å²) in [5.41, 5.74) is 13.9. The molecule has 4 aromatic carbocycles. The average molecular weight is 1120 g/mol. The standard InChI is InChI=1S/C31H34ClN5O3.C30H33ClN6O3/c1-19-3-5-21(6-4-19)17-36-18-27-22(12-28(32)26-15-33-14-25(26)27)11-23(30(36)39)13-29(38)35-9-7-24(8-10-35)37-16-20(2)34-31(37)40;1-18-3-5-20(6-4-18)16-36-17-25-21(11-26(31)24-14-32-13-23(24)25)12-27(28(36)38)34-29(39)35-9-7-22(8-10-35)37-15-19(2)33-30(37)40/h3-6,12,14,23-24H,2,7-11,13,15-18H2,1H3,(H,34,40);3-6,11,13,22,27H,2,7-10,12,14-17H2,1H3,(H,33,40)(H,34,39). The molecule has 416 valence electrons. The molecule has 12 rings (SSSR count). The number of aliphatic imine (C=N–C) groups is 2. The van der Waals surface area contributed by atoms with Gasteiger partial charge in [0.1, 0.15) is 6.04 Å². The van der Waals surface area contributed by atoms with Crippen molar-refractivity contribution in [1.29, 1.82) is 0 Å². The first-order valence-electron chi connectivity index (χ1n) is 27.7. The van der Waals surface area contributed by atoms with Crippen molar-refractivity contribution < 1.29 is 28.8 Å². The van der Waals surface area contributed by atoms with E-state index >= 15 is 0 Å². The van der Waals surface area contributed by atoms with Crippen LogP contribution in [-0.2, 0) is 66.5 Å². The highest BCUT2D eigenvalue weighted by molar-refractivity contribution is 6.32. The van der Waals surface area contributed by atoms with E-state index in [4.69, 9.17) is 23.2 Å². The largest absolute Gasteiger partial charge is 0.343 e. The molecule has 2 atom stereocenters. The SMILES string of the molecule is C=C1CN(C2CCN(C(=O)CC3Cc4cc(Cl)c5c(c4CN(Cc4ccc(C)cc4)C3=O)C=NC5)CC2)C(=O)N1.C=C1CN(C2CCN(C(=O)NC3Cc4cc(Cl)c5c(c4CN(Cc4ccc(C)cc4)C3=O)C=NC5)CC2)C(=O)N1. The van der Waals surface area contributed by atoms with E-state index < -0.39 is 12.0 Å². The molecule has 0 aromatic heterocycles. The Labute approximate surface area is 476 Å². The molecular formula is C61H67Cl2N11O6. The Kier molecular flexibility index (Phi) is 15.6. The Hall–Kier alpha value is -7.50. The van der Waals surface area contributed by atoms with Crippen LogP contribution < -0.4 is 16.0 Å². The molecule has 0 spiro atoms. The second kappa shape index (κ2) is 22.9.